The van der Waals surface area contributed by atoms with Crippen LogP contribution >= 0.6 is 0 Å². The summed E-state index contributed by atoms with van der Waals surface area (Å²) < 4.78 is 26.4. The number of halogens is 2. The van der Waals surface area contributed by atoms with Crippen LogP contribution in [0.3, 0.4) is 0 Å². The van der Waals surface area contributed by atoms with Crippen LogP contribution in [0.5, 0.6) is 0 Å². The Balaban J connectivity index is 0.000000431. The second kappa shape index (κ2) is 12.5. The molecule has 1 aliphatic rings. The lowest BCUT2D eigenvalue weighted by molar-refractivity contribution is -0.134. The Hall–Kier alpha value is -3.10. The molecule has 1 aliphatic heterocycles. The lowest BCUT2D eigenvalue weighted by Gasteiger charge is -2.31. The standard InChI is InChI=1S/C18H19F2N.C4H4O4.H2O/c19-16-5-1-13(2-6-16)18(15-9-11-21-12-10-15)14-3-7-17(20)8-4-14;5-3(6)1-2-4(7)8;/h1-8,15,18,21H,9-12H2;1-2H,(H,5,6)(H,7,8);1H2/b;2-1+;. The Morgan fingerprint density at radius 2 is 1.20 bits per heavy atom. The number of benzene rings is 2. The van der Waals surface area contributed by atoms with E-state index in [9.17, 15) is 18.4 Å². The van der Waals surface area contributed by atoms with Gasteiger partial charge >= 0.3 is 11.9 Å². The number of hydrogen-bond donors (Lipinski definition) is 3. The summed E-state index contributed by atoms with van der Waals surface area (Å²) in [5.74, 6) is -2.25. The summed E-state index contributed by atoms with van der Waals surface area (Å²) in [6, 6.07) is 13.4. The van der Waals surface area contributed by atoms with E-state index in [2.05, 4.69) is 5.32 Å². The molecule has 6 nitrogen and oxygen atoms in total. The lowest BCUT2D eigenvalue weighted by atomic mass is 9.76. The summed E-state index contributed by atoms with van der Waals surface area (Å²) in [6.45, 7) is 2.01. The molecule has 1 saturated heterocycles. The fourth-order valence-electron chi connectivity index (χ4n) is 3.40. The first-order valence-electron chi connectivity index (χ1n) is 9.22. The molecule has 0 amide bonds. The van der Waals surface area contributed by atoms with Gasteiger partial charge in [0.25, 0.3) is 0 Å². The molecule has 1 heterocycles. The summed E-state index contributed by atoms with van der Waals surface area (Å²) in [5.41, 5.74) is 2.21. The second-order valence-electron chi connectivity index (χ2n) is 6.68. The minimum absolute atomic E-state index is 0. The van der Waals surface area contributed by atoms with Gasteiger partial charge in [0.05, 0.1) is 0 Å². The van der Waals surface area contributed by atoms with E-state index >= 15 is 0 Å². The summed E-state index contributed by atoms with van der Waals surface area (Å²) in [6.07, 6.45) is 3.28. The fraction of sp³-hybridized carbons (Fsp3) is 0.273. The van der Waals surface area contributed by atoms with Crippen LogP contribution in [0.25, 0.3) is 0 Å². The zero-order valence-electron chi connectivity index (χ0n) is 16.2. The van der Waals surface area contributed by atoms with E-state index in [0.29, 0.717) is 18.1 Å². The number of carboxylic acid groups (broad SMARTS) is 2. The van der Waals surface area contributed by atoms with Crippen molar-refractivity contribution < 1.29 is 34.1 Å². The Kier molecular flexibility index (Phi) is 10.4. The number of nitrogens with one attached hydrogen (secondary N) is 1. The molecule has 30 heavy (non-hydrogen) atoms. The van der Waals surface area contributed by atoms with Gasteiger partial charge in [-0.25, -0.2) is 18.4 Å². The zero-order valence-corrected chi connectivity index (χ0v) is 16.2. The van der Waals surface area contributed by atoms with Crippen molar-refractivity contribution >= 4 is 11.9 Å². The van der Waals surface area contributed by atoms with Crippen molar-refractivity contribution in [3.05, 3.63) is 83.4 Å². The minimum atomic E-state index is -1.26. The third-order valence-corrected chi connectivity index (χ3v) is 4.68. The Morgan fingerprint density at radius 3 is 1.53 bits per heavy atom. The van der Waals surface area contributed by atoms with E-state index in [1.807, 2.05) is 24.3 Å². The van der Waals surface area contributed by atoms with Gasteiger partial charge in [0.1, 0.15) is 11.6 Å². The molecule has 0 aliphatic carbocycles. The topological polar surface area (TPSA) is 118 Å². The zero-order chi connectivity index (χ0) is 21.2. The number of carboxylic acids is 2. The fourth-order valence-corrected chi connectivity index (χ4v) is 3.40. The van der Waals surface area contributed by atoms with Gasteiger partial charge in [-0.05, 0) is 67.2 Å². The minimum Gasteiger partial charge on any atom is -0.478 e. The van der Waals surface area contributed by atoms with E-state index in [1.54, 1.807) is 0 Å². The Labute approximate surface area is 173 Å². The van der Waals surface area contributed by atoms with Gasteiger partial charge in [-0.15, -0.1) is 0 Å². The smallest absolute Gasteiger partial charge is 0.328 e. The molecule has 0 unspecified atom stereocenters. The molecule has 2 aromatic rings. The maximum Gasteiger partial charge on any atom is 0.328 e. The van der Waals surface area contributed by atoms with Gasteiger partial charge in [-0.1, -0.05) is 24.3 Å². The summed E-state index contributed by atoms with van der Waals surface area (Å²) >= 11 is 0. The van der Waals surface area contributed by atoms with Crippen LogP contribution in [-0.2, 0) is 9.59 Å². The van der Waals surface area contributed by atoms with Crippen molar-refractivity contribution in [1.29, 1.82) is 0 Å². The van der Waals surface area contributed by atoms with Crippen molar-refractivity contribution in [3.63, 3.8) is 0 Å². The van der Waals surface area contributed by atoms with Crippen LogP contribution in [0.1, 0.15) is 29.9 Å². The molecule has 1 fully saturated rings. The molecule has 0 atom stereocenters. The average Bonchev–Trinajstić information content (AvgIpc) is 2.71. The van der Waals surface area contributed by atoms with Gasteiger partial charge in [0, 0.05) is 18.1 Å². The van der Waals surface area contributed by atoms with Crippen molar-refractivity contribution in [2.45, 2.75) is 18.8 Å². The van der Waals surface area contributed by atoms with Crippen molar-refractivity contribution in [3.8, 4) is 0 Å². The highest BCUT2D eigenvalue weighted by Crippen LogP contribution is 2.36. The van der Waals surface area contributed by atoms with E-state index in [4.69, 9.17) is 10.2 Å². The number of aliphatic carboxylic acids is 2. The number of rotatable bonds is 5. The molecule has 162 valence electrons. The molecule has 0 spiro atoms. The monoisotopic (exact) mass is 421 g/mol. The highest BCUT2D eigenvalue weighted by atomic mass is 19.1. The normalized spacial score (nSPS) is 14.0. The lowest BCUT2D eigenvalue weighted by Crippen LogP contribution is -2.31. The largest absolute Gasteiger partial charge is 0.478 e. The summed E-state index contributed by atoms with van der Waals surface area (Å²) in [7, 11) is 0. The highest BCUT2D eigenvalue weighted by Gasteiger charge is 2.26. The molecule has 0 bridgehead atoms. The van der Waals surface area contributed by atoms with Crippen LogP contribution < -0.4 is 5.32 Å². The molecule has 2 aromatic carbocycles. The average molecular weight is 421 g/mol. The first kappa shape index (κ1) is 24.9. The molecule has 0 aromatic heterocycles. The van der Waals surface area contributed by atoms with Gasteiger partial charge in [-0.2, -0.15) is 0 Å². The summed E-state index contributed by atoms with van der Waals surface area (Å²) in [4.78, 5) is 19.1. The van der Waals surface area contributed by atoms with Crippen molar-refractivity contribution in [1.82, 2.24) is 5.32 Å². The van der Waals surface area contributed by atoms with E-state index in [1.165, 1.54) is 24.3 Å². The molecule has 0 radical (unpaired) electrons. The van der Waals surface area contributed by atoms with Crippen molar-refractivity contribution in [2.24, 2.45) is 5.92 Å². The SMILES string of the molecule is Fc1ccc(C(c2ccc(F)cc2)C2CCNCC2)cc1.O.O=C(O)/C=C/C(=O)O. The van der Waals surface area contributed by atoms with Crippen LogP contribution in [0.2, 0.25) is 0 Å². The van der Waals surface area contributed by atoms with Gasteiger partial charge in [-0.3, -0.25) is 0 Å². The first-order valence-corrected chi connectivity index (χ1v) is 9.22. The number of hydrogen-bond acceptors (Lipinski definition) is 3. The third kappa shape index (κ3) is 8.10. The number of piperidine rings is 1. The highest BCUT2D eigenvalue weighted by molar-refractivity contribution is 5.89. The van der Waals surface area contributed by atoms with Gasteiger partial charge in [0.15, 0.2) is 0 Å². The molecule has 3 rings (SSSR count). The maximum atomic E-state index is 13.2. The maximum absolute atomic E-state index is 13.2. The van der Waals surface area contributed by atoms with Gasteiger partial charge < -0.3 is 21.0 Å². The first-order chi connectivity index (χ1) is 13.9. The number of carbonyl (C=O) groups is 2. The van der Waals surface area contributed by atoms with Crippen LogP contribution in [0.15, 0.2) is 60.7 Å². The van der Waals surface area contributed by atoms with E-state index in [-0.39, 0.29) is 23.0 Å². The predicted octanol–water partition coefficient (Wildman–Crippen LogP) is 2.98. The second-order valence-corrected chi connectivity index (χ2v) is 6.68. The summed E-state index contributed by atoms with van der Waals surface area (Å²) in [5, 5.41) is 19.0. The molecule has 8 heteroatoms. The predicted molar refractivity (Wildman–Crippen MR) is 108 cm³/mol. The molecular formula is C22H25F2NO5. The van der Waals surface area contributed by atoms with Gasteiger partial charge in [0.2, 0.25) is 0 Å². The quantitative estimate of drug-likeness (QED) is 0.642. The van der Waals surface area contributed by atoms with E-state index < -0.39 is 11.9 Å². The Morgan fingerprint density at radius 1 is 0.833 bits per heavy atom. The van der Waals surface area contributed by atoms with E-state index in [0.717, 1.165) is 37.1 Å². The van der Waals surface area contributed by atoms with Crippen LogP contribution in [-0.4, -0.2) is 40.7 Å². The van der Waals surface area contributed by atoms with Crippen LogP contribution in [0, 0.1) is 17.6 Å². The molecule has 5 N–H and O–H groups in total. The molecular weight excluding hydrogens is 396 g/mol. The molecule has 0 saturated carbocycles. The van der Waals surface area contributed by atoms with Crippen molar-refractivity contribution in [2.75, 3.05) is 13.1 Å². The Bertz CT molecular complexity index is 770. The van der Waals surface area contributed by atoms with Crippen LogP contribution in [0.4, 0.5) is 8.78 Å². The third-order valence-electron chi connectivity index (χ3n) is 4.68.